The Morgan fingerprint density at radius 2 is 1.85 bits per heavy atom. The second-order valence-corrected chi connectivity index (χ2v) is 10.5. The number of methoxy groups -OCH3 is 2. The Balaban J connectivity index is 1.25. The van der Waals surface area contributed by atoms with Gasteiger partial charge in [0.15, 0.2) is 0 Å². The van der Waals surface area contributed by atoms with Crippen LogP contribution in [0.25, 0.3) is 11.1 Å². The van der Waals surface area contributed by atoms with Gasteiger partial charge < -0.3 is 19.5 Å². The third-order valence-corrected chi connectivity index (χ3v) is 8.69. The predicted molar refractivity (Wildman–Crippen MR) is 130 cm³/mol. The lowest BCUT2D eigenvalue weighted by atomic mass is 9.76. The molecule has 1 unspecified atom stereocenters. The van der Waals surface area contributed by atoms with Gasteiger partial charge in [0.2, 0.25) is 0 Å². The highest BCUT2D eigenvalue weighted by Gasteiger charge is 2.53. The van der Waals surface area contributed by atoms with E-state index in [9.17, 15) is 4.79 Å². The van der Waals surface area contributed by atoms with Gasteiger partial charge in [-0.25, -0.2) is 4.79 Å². The van der Waals surface area contributed by atoms with E-state index in [0.29, 0.717) is 5.92 Å². The summed E-state index contributed by atoms with van der Waals surface area (Å²) in [6.07, 6.45) is 6.54. The van der Waals surface area contributed by atoms with E-state index in [1.54, 1.807) is 14.2 Å². The smallest absolute Gasteiger partial charge is 0.407 e. The number of ether oxygens (including phenoxy) is 3. The Morgan fingerprint density at radius 1 is 1.03 bits per heavy atom. The largest absolute Gasteiger partial charge is 0.497 e. The summed E-state index contributed by atoms with van der Waals surface area (Å²) in [7, 11) is 3.37. The number of carbonyl (C=O) groups excluding carboxylic acids is 1. The zero-order chi connectivity index (χ0) is 23.3. The number of rotatable bonds is 5. The van der Waals surface area contributed by atoms with E-state index in [4.69, 9.17) is 14.2 Å². The third-order valence-electron chi connectivity index (χ3n) is 8.69. The zero-order valence-corrected chi connectivity index (χ0v) is 20.1. The second kappa shape index (κ2) is 8.49. The third kappa shape index (κ3) is 3.82. The summed E-state index contributed by atoms with van der Waals surface area (Å²) >= 11 is 0. The molecule has 0 aromatic heterocycles. The molecular formula is C28H34N2O4. The normalized spacial score (nSPS) is 28.2. The minimum atomic E-state index is -0.249. The number of nitrogens with zero attached hydrogens (tertiary/aromatic N) is 1. The van der Waals surface area contributed by atoms with Gasteiger partial charge in [-0.1, -0.05) is 18.2 Å². The van der Waals surface area contributed by atoms with Crippen LogP contribution in [0.1, 0.15) is 49.3 Å². The van der Waals surface area contributed by atoms with Crippen molar-refractivity contribution in [3.63, 3.8) is 0 Å². The van der Waals surface area contributed by atoms with Gasteiger partial charge >= 0.3 is 6.09 Å². The number of hydrogen-bond donors (Lipinski definition) is 1. The van der Waals surface area contributed by atoms with Gasteiger partial charge in [-0.05, 0) is 97.8 Å². The Labute approximate surface area is 201 Å². The summed E-state index contributed by atoms with van der Waals surface area (Å²) in [4.78, 5) is 15.5. The van der Waals surface area contributed by atoms with E-state index < -0.39 is 0 Å². The summed E-state index contributed by atoms with van der Waals surface area (Å²) in [6.45, 7) is 3.17. The number of fused-ring (bicyclic) bond motifs is 4. The molecule has 2 aromatic carbocycles. The van der Waals surface area contributed by atoms with Crippen molar-refractivity contribution in [3.8, 4) is 22.6 Å². The van der Waals surface area contributed by atoms with Gasteiger partial charge in [0.25, 0.3) is 0 Å². The molecule has 180 valence electrons. The monoisotopic (exact) mass is 462 g/mol. The highest BCUT2D eigenvalue weighted by molar-refractivity contribution is 5.74. The summed E-state index contributed by atoms with van der Waals surface area (Å²) in [5, 5.41) is 3.31. The molecule has 6 nitrogen and oxygen atoms in total. The first-order valence-electron chi connectivity index (χ1n) is 12.6. The lowest BCUT2D eigenvalue weighted by Gasteiger charge is -2.44. The fourth-order valence-corrected chi connectivity index (χ4v) is 6.43. The lowest BCUT2D eigenvalue weighted by Crippen LogP contribution is -2.53. The fraction of sp³-hybridized carbons (Fsp3) is 0.536. The molecule has 2 atom stereocenters. The van der Waals surface area contributed by atoms with E-state index >= 15 is 0 Å². The number of hydrogen-bond acceptors (Lipinski definition) is 5. The number of benzene rings is 2. The Bertz CT molecular complexity index is 1090. The number of alkyl carbamates (subject to hydrolysis) is 1. The molecule has 1 spiro atoms. The van der Waals surface area contributed by atoms with Crippen LogP contribution in [-0.2, 0) is 11.2 Å². The molecule has 7 rings (SSSR count). The molecule has 2 bridgehead atoms. The van der Waals surface area contributed by atoms with Gasteiger partial charge in [0.1, 0.15) is 17.6 Å². The average molecular weight is 463 g/mol. The Morgan fingerprint density at radius 3 is 2.53 bits per heavy atom. The number of carbonyl (C=O) groups is 1. The van der Waals surface area contributed by atoms with Crippen LogP contribution >= 0.6 is 0 Å². The summed E-state index contributed by atoms with van der Waals surface area (Å²) in [6, 6.07) is 12.5. The molecule has 1 N–H and O–H groups in total. The van der Waals surface area contributed by atoms with Crippen LogP contribution in [0.3, 0.4) is 0 Å². The van der Waals surface area contributed by atoms with Gasteiger partial charge in [-0.3, -0.25) is 4.90 Å². The van der Waals surface area contributed by atoms with Crippen molar-refractivity contribution in [1.82, 2.24) is 10.2 Å². The van der Waals surface area contributed by atoms with Crippen LogP contribution in [0.4, 0.5) is 4.79 Å². The van der Waals surface area contributed by atoms with E-state index in [1.165, 1.54) is 24.0 Å². The van der Waals surface area contributed by atoms with Crippen LogP contribution in [0.15, 0.2) is 36.4 Å². The van der Waals surface area contributed by atoms with Gasteiger partial charge in [-0.15, -0.1) is 0 Å². The van der Waals surface area contributed by atoms with Crippen LogP contribution in [-0.4, -0.2) is 51.0 Å². The molecule has 6 heteroatoms. The standard InChI is InChI=1S/C28H34N2O4/c1-32-21-4-6-24(33-2)23(16-21)19-3-5-22-20(15-19)7-10-28(11-12-28)26(22)29-27(31)34-25-17-30-13-8-18(25)9-14-30/h3-6,15-16,18,25-26H,7-14,17H2,1-2H3,(H,29,31)/t25-,26?/m1/s1. The molecule has 3 heterocycles. The molecule has 1 amide bonds. The van der Waals surface area contributed by atoms with Gasteiger partial charge in [0.05, 0.1) is 20.3 Å². The van der Waals surface area contributed by atoms with E-state index in [-0.39, 0.29) is 23.7 Å². The summed E-state index contributed by atoms with van der Waals surface area (Å²) in [5.41, 5.74) is 4.85. The first kappa shape index (κ1) is 21.8. The Hall–Kier alpha value is -2.73. The highest BCUT2D eigenvalue weighted by Crippen LogP contribution is 2.61. The number of nitrogens with one attached hydrogen (secondary N) is 1. The molecule has 34 heavy (non-hydrogen) atoms. The SMILES string of the molecule is COc1ccc(OC)c(-c2ccc3c(c2)CCC2(CC2)C3NC(=O)O[C@@H]2CN3CCC2CC3)c1. The maximum absolute atomic E-state index is 13.0. The maximum atomic E-state index is 13.0. The lowest BCUT2D eigenvalue weighted by molar-refractivity contribution is -0.0347. The van der Waals surface area contributed by atoms with Crippen molar-refractivity contribution in [1.29, 1.82) is 0 Å². The van der Waals surface area contributed by atoms with Crippen molar-refractivity contribution in [3.05, 3.63) is 47.5 Å². The molecule has 0 radical (unpaired) electrons. The molecule has 2 aliphatic carbocycles. The first-order valence-corrected chi connectivity index (χ1v) is 12.6. The van der Waals surface area contributed by atoms with Crippen molar-refractivity contribution < 1.29 is 19.0 Å². The minimum absolute atomic E-state index is 0.0195. The maximum Gasteiger partial charge on any atom is 0.407 e. The van der Waals surface area contributed by atoms with Crippen molar-refractivity contribution >= 4 is 6.09 Å². The molecule has 1 saturated carbocycles. The predicted octanol–water partition coefficient (Wildman–Crippen LogP) is 4.96. The molecular weight excluding hydrogens is 428 g/mol. The fourth-order valence-electron chi connectivity index (χ4n) is 6.43. The minimum Gasteiger partial charge on any atom is -0.497 e. The molecule has 3 aliphatic heterocycles. The number of amides is 1. The second-order valence-electron chi connectivity index (χ2n) is 10.5. The van der Waals surface area contributed by atoms with Crippen LogP contribution < -0.4 is 14.8 Å². The average Bonchev–Trinajstić information content (AvgIpc) is 3.66. The van der Waals surface area contributed by atoms with Gasteiger partial charge in [0, 0.05) is 12.1 Å². The van der Waals surface area contributed by atoms with Crippen LogP contribution in [0, 0.1) is 11.3 Å². The van der Waals surface area contributed by atoms with Crippen molar-refractivity contribution in [2.24, 2.45) is 11.3 Å². The topological polar surface area (TPSA) is 60.0 Å². The van der Waals surface area contributed by atoms with E-state index in [1.807, 2.05) is 18.2 Å². The van der Waals surface area contributed by atoms with E-state index in [0.717, 1.165) is 67.9 Å². The van der Waals surface area contributed by atoms with Crippen LogP contribution in [0.5, 0.6) is 11.5 Å². The van der Waals surface area contributed by atoms with Gasteiger partial charge in [-0.2, -0.15) is 0 Å². The molecule has 4 fully saturated rings. The molecule has 2 aromatic rings. The van der Waals surface area contributed by atoms with Crippen LogP contribution in [0.2, 0.25) is 0 Å². The number of aryl methyl sites for hydroxylation is 1. The van der Waals surface area contributed by atoms with E-state index in [2.05, 4.69) is 28.4 Å². The summed E-state index contributed by atoms with van der Waals surface area (Å²) < 4.78 is 17.1. The summed E-state index contributed by atoms with van der Waals surface area (Å²) in [5.74, 6) is 2.15. The zero-order valence-electron chi connectivity index (χ0n) is 20.1. The first-order chi connectivity index (χ1) is 16.6. The molecule has 3 saturated heterocycles. The van der Waals surface area contributed by atoms with Crippen molar-refractivity contribution in [2.45, 2.75) is 50.7 Å². The quantitative estimate of drug-likeness (QED) is 0.681. The Kier molecular flexibility index (Phi) is 5.44. The molecule has 5 aliphatic rings. The number of piperidine rings is 3. The highest BCUT2D eigenvalue weighted by atomic mass is 16.6. The van der Waals surface area contributed by atoms with Crippen molar-refractivity contribution in [2.75, 3.05) is 33.9 Å².